The summed E-state index contributed by atoms with van der Waals surface area (Å²) >= 11 is 1.44. The van der Waals surface area contributed by atoms with Crippen LogP contribution in [0.2, 0.25) is 0 Å². The number of aromatic amines is 1. The van der Waals surface area contributed by atoms with Crippen molar-refractivity contribution in [2.75, 3.05) is 5.73 Å². The van der Waals surface area contributed by atoms with E-state index < -0.39 is 0 Å². The first-order chi connectivity index (χ1) is 11.1. The minimum atomic E-state index is 0.178. The number of hydrogen-bond acceptors (Lipinski definition) is 6. The third-order valence-electron chi connectivity index (χ3n) is 3.54. The van der Waals surface area contributed by atoms with E-state index in [2.05, 4.69) is 38.9 Å². The number of rotatable bonds is 3. The van der Waals surface area contributed by atoms with Gasteiger partial charge in [-0.05, 0) is 37.7 Å². The summed E-state index contributed by atoms with van der Waals surface area (Å²) in [5.74, 6) is 0.431. The SMILES string of the molecule is CC(C)n1nc(Sc2nc3ccccc3[nH]2)c2c(N)ncnc21. The fourth-order valence-electron chi connectivity index (χ4n) is 2.46. The number of para-hydroxylation sites is 2. The van der Waals surface area contributed by atoms with E-state index in [9.17, 15) is 0 Å². The molecule has 7 nitrogen and oxygen atoms in total. The molecular weight excluding hydrogens is 310 g/mol. The second kappa shape index (κ2) is 5.24. The summed E-state index contributed by atoms with van der Waals surface area (Å²) in [6, 6.07) is 8.08. The Kier molecular flexibility index (Phi) is 3.19. The van der Waals surface area contributed by atoms with Gasteiger partial charge in [-0.2, -0.15) is 5.10 Å². The number of imidazole rings is 1. The third kappa shape index (κ3) is 2.31. The Bertz CT molecular complexity index is 969. The molecule has 0 amide bonds. The van der Waals surface area contributed by atoms with Crippen molar-refractivity contribution in [1.82, 2.24) is 29.7 Å². The number of benzene rings is 1. The first-order valence-electron chi connectivity index (χ1n) is 7.25. The van der Waals surface area contributed by atoms with E-state index in [1.165, 1.54) is 18.1 Å². The highest BCUT2D eigenvalue weighted by Crippen LogP contribution is 2.34. The van der Waals surface area contributed by atoms with E-state index >= 15 is 0 Å². The van der Waals surface area contributed by atoms with Crippen LogP contribution in [-0.4, -0.2) is 29.7 Å². The molecule has 0 bridgehead atoms. The van der Waals surface area contributed by atoms with Crippen LogP contribution in [0.25, 0.3) is 22.1 Å². The molecule has 0 saturated carbocycles. The average molecular weight is 325 g/mol. The predicted octanol–water partition coefficient (Wildman–Crippen LogP) is 3.02. The van der Waals surface area contributed by atoms with Gasteiger partial charge in [-0.1, -0.05) is 12.1 Å². The lowest BCUT2D eigenvalue weighted by molar-refractivity contribution is 0.535. The molecule has 116 valence electrons. The monoisotopic (exact) mass is 325 g/mol. The Morgan fingerprint density at radius 3 is 2.83 bits per heavy atom. The van der Waals surface area contributed by atoms with Crippen LogP contribution in [0.1, 0.15) is 19.9 Å². The number of fused-ring (bicyclic) bond motifs is 2. The van der Waals surface area contributed by atoms with Crippen LogP contribution >= 0.6 is 11.8 Å². The highest BCUT2D eigenvalue weighted by atomic mass is 32.2. The Labute approximate surface area is 136 Å². The normalized spacial score (nSPS) is 11.8. The molecular formula is C15H15N7S. The molecule has 0 unspecified atom stereocenters. The summed E-state index contributed by atoms with van der Waals surface area (Å²) in [6.07, 6.45) is 1.47. The maximum Gasteiger partial charge on any atom is 0.172 e. The van der Waals surface area contributed by atoms with E-state index in [-0.39, 0.29) is 6.04 Å². The number of hydrogen-bond donors (Lipinski definition) is 2. The Morgan fingerprint density at radius 1 is 1.22 bits per heavy atom. The van der Waals surface area contributed by atoms with Crippen LogP contribution in [-0.2, 0) is 0 Å². The number of H-pyrrole nitrogens is 1. The molecule has 8 heteroatoms. The lowest BCUT2D eigenvalue weighted by atomic mass is 10.3. The summed E-state index contributed by atoms with van der Waals surface area (Å²) in [4.78, 5) is 16.3. The van der Waals surface area contributed by atoms with Crippen LogP contribution in [0, 0.1) is 0 Å². The van der Waals surface area contributed by atoms with E-state index in [0.29, 0.717) is 5.82 Å². The van der Waals surface area contributed by atoms with Crippen LogP contribution in [0.3, 0.4) is 0 Å². The summed E-state index contributed by atoms with van der Waals surface area (Å²) in [6.45, 7) is 4.11. The smallest absolute Gasteiger partial charge is 0.172 e. The zero-order valence-corrected chi connectivity index (χ0v) is 13.5. The molecule has 4 rings (SSSR count). The van der Waals surface area contributed by atoms with Crippen molar-refractivity contribution in [3.05, 3.63) is 30.6 Å². The molecule has 0 radical (unpaired) electrons. The number of nitrogens with one attached hydrogen (secondary N) is 1. The summed E-state index contributed by atoms with van der Waals surface area (Å²) < 4.78 is 1.86. The van der Waals surface area contributed by atoms with Crippen molar-refractivity contribution in [2.45, 2.75) is 30.1 Å². The van der Waals surface area contributed by atoms with Crippen LogP contribution in [0.4, 0.5) is 5.82 Å². The first kappa shape index (κ1) is 14.0. The maximum atomic E-state index is 6.05. The van der Waals surface area contributed by atoms with E-state index in [4.69, 9.17) is 5.73 Å². The standard InChI is InChI=1S/C15H15N7S/c1-8(2)22-13-11(12(16)17-7-18-13)14(21-22)23-15-19-9-5-3-4-6-10(9)20-15/h3-8H,1-2H3,(H,19,20)(H2,16,17,18). The van der Waals surface area contributed by atoms with Crippen molar-refractivity contribution >= 4 is 39.6 Å². The molecule has 3 N–H and O–H groups in total. The predicted molar refractivity (Wildman–Crippen MR) is 90.3 cm³/mol. The van der Waals surface area contributed by atoms with Crippen LogP contribution in [0.15, 0.2) is 40.8 Å². The lowest BCUT2D eigenvalue weighted by Crippen LogP contribution is -2.04. The number of aromatic nitrogens is 6. The molecule has 0 aliphatic rings. The van der Waals surface area contributed by atoms with Gasteiger partial charge in [0.25, 0.3) is 0 Å². The second-order valence-electron chi connectivity index (χ2n) is 5.46. The number of nitrogens with two attached hydrogens (primary N) is 1. The molecule has 1 aromatic carbocycles. The number of nitrogens with zero attached hydrogens (tertiary/aromatic N) is 5. The van der Waals surface area contributed by atoms with Crippen molar-refractivity contribution in [3.63, 3.8) is 0 Å². The molecule has 0 saturated heterocycles. The van der Waals surface area contributed by atoms with Gasteiger partial charge in [0.15, 0.2) is 10.8 Å². The van der Waals surface area contributed by atoms with Crippen LogP contribution in [0.5, 0.6) is 0 Å². The first-order valence-corrected chi connectivity index (χ1v) is 8.06. The maximum absolute atomic E-state index is 6.05. The molecule has 0 atom stereocenters. The fraction of sp³-hybridized carbons (Fsp3) is 0.200. The zero-order valence-electron chi connectivity index (χ0n) is 12.7. The second-order valence-corrected chi connectivity index (χ2v) is 6.44. The Morgan fingerprint density at radius 2 is 2.04 bits per heavy atom. The fourth-order valence-corrected chi connectivity index (χ4v) is 3.38. The van der Waals surface area contributed by atoms with Gasteiger partial charge in [0.05, 0.1) is 16.4 Å². The van der Waals surface area contributed by atoms with Gasteiger partial charge in [0, 0.05) is 6.04 Å². The third-order valence-corrected chi connectivity index (χ3v) is 4.40. The van der Waals surface area contributed by atoms with Gasteiger partial charge in [-0.25, -0.2) is 19.6 Å². The van der Waals surface area contributed by atoms with Gasteiger partial charge < -0.3 is 10.7 Å². The van der Waals surface area contributed by atoms with Crippen molar-refractivity contribution in [2.24, 2.45) is 0 Å². The Balaban J connectivity index is 1.85. The van der Waals surface area contributed by atoms with Crippen molar-refractivity contribution in [1.29, 1.82) is 0 Å². The van der Waals surface area contributed by atoms with Gasteiger partial charge in [-0.15, -0.1) is 0 Å². The largest absolute Gasteiger partial charge is 0.383 e. The quantitative estimate of drug-likeness (QED) is 0.601. The molecule has 0 aliphatic heterocycles. The summed E-state index contributed by atoms with van der Waals surface area (Å²) in [5.41, 5.74) is 8.71. The van der Waals surface area contributed by atoms with Gasteiger partial charge in [0.2, 0.25) is 0 Å². The average Bonchev–Trinajstić information content (AvgIpc) is 3.09. The minimum Gasteiger partial charge on any atom is -0.383 e. The molecule has 0 aliphatic carbocycles. The lowest BCUT2D eigenvalue weighted by Gasteiger charge is -2.05. The van der Waals surface area contributed by atoms with Crippen molar-refractivity contribution < 1.29 is 0 Å². The topological polar surface area (TPSA) is 98.3 Å². The summed E-state index contributed by atoms with van der Waals surface area (Å²) in [5, 5.41) is 6.95. The van der Waals surface area contributed by atoms with E-state index in [0.717, 1.165) is 32.2 Å². The van der Waals surface area contributed by atoms with Crippen LogP contribution < -0.4 is 5.73 Å². The summed E-state index contributed by atoms with van der Waals surface area (Å²) in [7, 11) is 0. The molecule has 3 heterocycles. The Hall–Kier alpha value is -2.61. The highest BCUT2D eigenvalue weighted by Gasteiger charge is 2.19. The number of nitrogen functional groups attached to an aromatic ring is 1. The minimum absolute atomic E-state index is 0.178. The van der Waals surface area contributed by atoms with Gasteiger partial charge in [0.1, 0.15) is 17.2 Å². The molecule has 0 fully saturated rings. The molecule has 4 aromatic rings. The molecule has 23 heavy (non-hydrogen) atoms. The molecule has 3 aromatic heterocycles. The van der Waals surface area contributed by atoms with E-state index in [1.54, 1.807) is 0 Å². The van der Waals surface area contributed by atoms with E-state index in [1.807, 2.05) is 28.9 Å². The zero-order chi connectivity index (χ0) is 16.0. The van der Waals surface area contributed by atoms with Gasteiger partial charge >= 0.3 is 0 Å². The number of anilines is 1. The molecule has 0 spiro atoms. The van der Waals surface area contributed by atoms with Gasteiger partial charge in [-0.3, -0.25) is 0 Å². The van der Waals surface area contributed by atoms with Crippen molar-refractivity contribution in [3.8, 4) is 0 Å². The highest BCUT2D eigenvalue weighted by molar-refractivity contribution is 7.99.